The summed E-state index contributed by atoms with van der Waals surface area (Å²) in [6.45, 7) is 7.87. The highest BCUT2D eigenvalue weighted by molar-refractivity contribution is 6.11. The van der Waals surface area contributed by atoms with E-state index in [-0.39, 0.29) is 12.5 Å². The van der Waals surface area contributed by atoms with E-state index < -0.39 is 17.5 Å². The predicted molar refractivity (Wildman–Crippen MR) is 130 cm³/mol. The normalized spacial score (nSPS) is 18.2. The number of rotatable bonds is 6. The summed E-state index contributed by atoms with van der Waals surface area (Å²) in [5.41, 5.74) is 1.41. The minimum absolute atomic E-state index is 0.309. The summed E-state index contributed by atoms with van der Waals surface area (Å²) >= 11 is 0. The molecular formula is C27H29N3O3. The molecular weight excluding hydrogens is 414 g/mol. The van der Waals surface area contributed by atoms with Crippen LogP contribution in [0.4, 0.5) is 10.5 Å². The zero-order valence-corrected chi connectivity index (χ0v) is 19.5. The van der Waals surface area contributed by atoms with Gasteiger partial charge in [-0.3, -0.25) is 14.5 Å². The van der Waals surface area contributed by atoms with Gasteiger partial charge in [-0.1, -0.05) is 74.5 Å². The molecule has 4 rings (SSSR count). The molecule has 3 aromatic carbocycles. The number of hydrogen-bond donors (Lipinski definition) is 1. The summed E-state index contributed by atoms with van der Waals surface area (Å²) in [6, 6.07) is 20.7. The van der Waals surface area contributed by atoms with Gasteiger partial charge < -0.3 is 10.2 Å². The highest BCUT2D eigenvalue weighted by Gasteiger charge is 2.49. The number of urea groups is 1. The fraction of sp³-hybridized carbons (Fsp3) is 0.296. The van der Waals surface area contributed by atoms with Crippen molar-refractivity contribution in [2.24, 2.45) is 0 Å². The Hall–Kier alpha value is -3.67. The molecule has 1 aliphatic rings. The van der Waals surface area contributed by atoms with Gasteiger partial charge in [0, 0.05) is 11.9 Å². The summed E-state index contributed by atoms with van der Waals surface area (Å²) in [7, 11) is 0. The van der Waals surface area contributed by atoms with Crippen LogP contribution in [0.2, 0.25) is 0 Å². The molecule has 1 fully saturated rings. The van der Waals surface area contributed by atoms with Crippen LogP contribution in [0.15, 0.2) is 66.7 Å². The van der Waals surface area contributed by atoms with Gasteiger partial charge in [0.1, 0.15) is 12.1 Å². The van der Waals surface area contributed by atoms with Gasteiger partial charge in [0.2, 0.25) is 5.91 Å². The Morgan fingerprint density at radius 1 is 1.00 bits per heavy atom. The molecule has 170 valence electrons. The van der Waals surface area contributed by atoms with Crippen LogP contribution >= 0.6 is 0 Å². The first-order valence-corrected chi connectivity index (χ1v) is 11.3. The average Bonchev–Trinajstić information content (AvgIpc) is 3.03. The van der Waals surface area contributed by atoms with Crippen molar-refractivity contribution in [2.75, 3.05) is 18.0 Å². The first-order chi connectivity index (χ1) is 15.8. The maximum absolute atomic E-state index is 13.3. The molecule has 4 amide bonds. The quantitative estimate of drug-likeness (QED) is 0.557. The number of fused-ring (bicyclic) bond motifs is 1. The lowest BCUT2D eigenvalue weighted by molar-refractivity contribution is -0.134. The van der Waals surface area contributed by atoms with Crippen LogP contribution in [-0.2, 0) is 15.1 Å². The molecule has 1 aliphatic heterocycles. The van der Waals surface area contributed by atoms with Crippen LogP contribution in [0.25, 0.3) is 10.8 Å². The lowest BCUT2D eigenvalue weighted by Gasteiger charge is -2.25. The third kappa shape index (κ3) is 3.97. The van der Waals surface area contributed by atoms with Gasteiger partial charge in [-0.05, 0) is 42.3 Å². The van der Waals surface area contributed by atoms with Gasteiger partial charge in [-0.15, -0.1) is 0 Å². The molecule has 0 aliphatic carbocycles. The molecule has 1 unspecified atom stereocenters. The molecule has 1 heterocycles. The number of amides is 4. The van der Waals surface area contributed by atoms with Gasteiger partial charge in [-0.25, -0.2) is 4.79 Å². The van der Waals surface area contributed by atoms with E-state index in [1.807, 2.05) is 73.7 Å². The smallest absolute Gasteiger partial charge is 0.319 e. The number of likely N-dealkylation sites (N-methyl/N-ethyl adjacent to an activating group) is 1. The molecule has 0 saturated carbocycles. The fourth-order valence-corrected chi connectivity index (χ4v) is 4.38. The Bertz CT molecular complexity index is 1210. The lowest BCUT2D eigenvalue weighted by atomic mass is 9.90. The highest BCUT2D eigenvalue weighted by Crippen LogP contribution is 2.31. The number of carbonyl (C=O) groups excluding carboxylic acids is 3. The Kier molecular flexibility index (Phi) is 5.93. The van der Waals surface area contributed by atoms with Crippen molar-refractivity contribution < 1.29 is 14.4 Å². The Labute approximate surface area is 194 Å². The first kappa shape index (κ1) is 22.5. The van der Waals surface area contributed by atoms with Crippen molar-refractivity contribution in [1.82, 2.24) is 10.2 Å². The summed E-state index contributed by atoms with van der Waals surface area (Å²) in [4.78, 5) is 42.0. The summed E-state index contributed by atoms with van der Waals surface area (Å²) in [5, 5.41) is 4.76. The van der Waals surface area contributed by atoms with Crippen LogP contribution in [0.5, 0.6) is 0 Å². The number of carbonyl (C=O) groups is 3. The second-order valence-corrected chi connectivity index (χ2v) is 8.86. The third-order valence-corrected chi connectivity index (χ3v) is 6.40. The van der Waals surface area contributed by atoms with Gasteiger partial charge in [0.05, 0.1) is 5.69 Å². The van der Waals surface area contributed by atoms with Crippen molar-refractivity contribution in [1.29, 1.82) is 0 Å². The Balaban J connectivity index is 1.58. The molecule has 0 radical (unpaired) electrons. The maximum atomic E-state index is 13.3. The zero-order chi connectivity index (χ0) is 23.8. The van der Waals surface area contributed by atoms with Crippen molar-refractivity contribution in [3.05, 3.63) is 77.9 Å². The molecule has 1 saturated heterocycles. The fourth-order valence-electron chi connectivity index (χ4n) is 4.38. The van der Waals surface area contributed by atoms with Crippen LogP contribution < -0.4 is 10.2 Å². The Morgan fingerprint density at radius 3 is 2.33 bits per heavy atom. The molecule has 0 aromatic heterocycles. The minimum atomic E-state index is -1.20. The van der Waals surface area contributed by atoms with Gasteiger partial charge in [-0.2, -0.15) is 0 Å². The van der Waals surface area contributed by atoms with Crippen molar-refractivity contribution in [3.63, 3.8) is 0 Å². The van der Waals surface area contributed by atoms with Crippen LogP contribution in [-0.4, -0.2) is 35.8 Å². The molecule has 0 bridgehead atoms. The molecule has 33 heavy (non-hydrogen) atoms. The summed E-state index contributed by atoms with van der Waals surface area (Å²) in [5.74, 6) is -0.368. The van der Waals surface area contributed by atoms with Gasteiger partial charge >= 0.3 is 6.03 Å². The topological polar surface area (TPSA) is 69.7 Å². The maximum Gasteiger partial charge on any atom is 0.325 e. The minimum Gasteiger partial charge on any atom is -0.319 e. The Morgan fingerprint density at radius 2 is 1.67 bits per heavy atom. The van der Waals surface area contributed by atoms with Crippen molar-refractivity contribution >= 4 is 34.3 Å². The average molecular weight is 444 g/mol. The van der Waals surface area contributed by atoms with E-state index in [1.54, 1.807) is 11.8 Å². The first-order valence-electron chi connectivity index (χ1n) is 11.3. The van der Waals surface area contributed by atoms with E-state index in [0.717, 1.165) is 26.9 Å². The van der Waals surface area contributed by atoms with Crippen molar-refractivity contribution in [3.8, 4) is 0 Å². The number of nitrogens with one attached hydrogen (secondary N) is 1. The number of imide groups is 1. The van der Waals surface area contributed by atoms with E-state index >= 15 is 0 Å². The van der Waals surface area contributed by atoms with E-state index in [1.165, 1.54) is 0 Å². The summed E-state index contributed by atoms with van der Waals surface area (Å²) < 4.78 is 0. The van der Waals surface area contributed by atoms with E-state index in [2.05, 4.69) is 19.2 Å². The standard InChI is InChI=1S/C27H29N3O3/c1-5-29(23-12-8-10-20-9-6-7-11-22(20)23)24(31)17-30-25(32)27(4,28-26(30)33)21-15-13-19(14-16-21)18(2)3/h6-16,18H,5,17H2,1-4H3,(H,28,33). The number of nitrogens with zero attached hydrogens (tertiary/aromatic N) is 2. The largest absolute Gasteiger partial charge is 0.325 e. The molecule has 1 N–H and O–H groups in total. The second kappa shape index (κ2) is 8.70. The number of anilines is 1. The molecule has 1 atom stereocenters. The molecule has 6 heteroatoms. The monoisotopic (exact) mass is 443 g/mol. The zero-order valence-electron chi connectivity index (χ0n) is 19.5. The van der Waals surface area contributed by atoms with E-state index in [4.69, 9.17) is 0 Å². The third-order valence-electron chi connectivity index (χ3n) is 6.40. The van der Waals surface area contributed by atoms with Crippen molar-refractivity contribution in [2.45, 2.75) is 39.2 Å². The van der Waals surface area contributed by atoms with Crippen LogP contribution in [0, 0.1) is 0 Å². The lowest BCUT2D eigenvalue weighted by Crippen LogP contribution is -2.44. The predicted octanol–water partition coefficient (Wildman–Crippen LogP) is 4.78. The second-order valence-electron chi connectivity index (χ2n) is 8.86. The highest BCUT2D eigenvalue weighted by atomic mass is 16.2. The number of hydrogen-bond acceptors (Lipinski definition) is 3. The molecule has 0 spiro atoms. The van der Waals surface area contributed by atoms with Crippen LogP contribution in [0.3, 0.4) is 0 Å². The van der Waals surface area contributed by atoms with Crippen LogP contribution in [0.1, 0.15) is 44.7 Å². The van der Waals surface area contributed by atoms with E-state index in [0.29, 0.717) is 18.0 Å². The summed E-state index contributed by atoms with van der Waals surface area (Å²) in [6.07, 6.45) is 0. The molecule has 6 nitrogen and oxygen atoms in total. The van der Waals surface area contributed by atoms with Gasteiger partial charge in [0.25, 0.3) is 5.91 Å². The molecule has 3 aromatic rings. The van der Waals surface area contributed by atoms with E-state index in [9.17, 15) is 14.4 Å². The van der Waals surface area contributed by atoms with Gasteiger partial charge in [0.15, 0.2) is 0 Å². The SMILES string of the molecule is CCN(C(=O)CN1C(=O)NC(C)(c2ccc(C(C)C)cc2)C1=O)c1cccc2ccccc12. The number of benzene rings is 3.